The van der Waals surface area contributed by atoms with Gasteiger partial charge in [0.25, 0.3) is 0 Å². The Morgan fingerprint density at radius 2 is 1.97 bits per heavy atom. The van der Waals surface area contributed by atoms with Crippen molar-refractivity contribution in [1.82, 2.24) is 14.8 Å². The van der Waals surface area contributed by atoms with Crippen LogP contribution in [0, 0.1) is 0 Å². The first kappa shape index (κ1) is 23.3. The number of carbonyl (C=O) groups is 1. The number of aromatic nitrogens is 1. The number of benzene rings is 1. The molecule has 2 heterocycles. The summed E-state index contributed by atoms with van der Waals surface area (Å²) in [5, 5.41) is 3.37. The molecule has 29 heavy (non-hydrogen) atoms. The van der Waals surface area contributed by atoms with Gasteiger partial charge in [-0.15, -0.1) is 24.0 Å². The first-order chi connectivity index (χ1) is 13.6. The van der Waals surface area contributed by atoms with E-state index in [1.165, 1.54) is 5.69 Å². The number of nitrogens with zero attached hydrogens (tertiary/aromatic N) is 4. The van der Waals surface area contributed by atoms with Crippen molar-refractivity contribution < 1.29 is 4.79 Å². The van der Waals surface area contributed by atoms with Crippen molar-refractivity contribution >= 4 is 41.5 Å². The van der Waals surface area contributed by atoms with Gasteiger partial charge in [0.05, 0.1) is 13.1 Å². The Bertz CT molecular complexity index is 815. The Morgan fingerprint density at radius 1 is 1.21 bits per heavy atom. The number of anilines is 1. The second kappa shape index (κ2) is 11.2. The molecule has 158 valence electrons. The van der Waals surface area contributed by atoms with Gasteiger partial charge in [-0.25, -0.2) is 4.99 Å². The van der Waals surface area contributed by atoms with Gasteiger partial charge in [0.1, 0.15) is 0 Å². The van der Waals surface area contributed by atoms with Crippen LogP contribution >= 0.6 is 24.0 Å². The molecule has 1 fully saturated rings. The van der Waals surface area contributed by atoms with Gasteiger partial charge in [0, 0.05) is 51.2 Å². The first-order valence-corrected chi connectivity index (χ1v) is 10.1. The monoisotopic (exact) mass is 509 g/mol. The number of hydrogen-bond acceptors (Lipinski definition) is 2. The molecule has 2 aromatic rings. The third-order valence-electron chi connectivity index (χ3n) is 5.13. The number of aliphatic imine (C=N–C) groups is 1. The van der Waals surface area contributed by atoms with Gasteiger partial charge in [-0.05, 0) is 49.6 Å². The Kier molecular flexibility index (Phi) is 9.00. The van der Waals surface area contributed by atoms with Crippen LogP contribution < -0.4 is 10.2 Å². The van der Waals surface area contributed by atoms with Crippen LogP contribution in [0.2, 0.25) is 0 Å². The van der Waals surface area contributed by atoms with Gasteiger partial charge in [0.15, 0.2) is 5.96 Å². The molecule has 0 aliphatic carbocycles. The van der Waals surface area contributed by atoms with E-state index >= 15 is 0 Å². The molecule has 1 aliphatic heterocycles. The van der Waals surface area contributed by atoms with Crippen LogP contribution in [0.5, 0.6) is 0 Å². The van der Waals surface area contributed by atoms with Crippen LogP contribution in [-0.4, -0.2) is 41.5 Å². The molecule has 1 aliphatic rings. The molecule has 1 N–H and O–H groups in total. The van der Waals surface area contributed by atoms with Gasteiger partial charge >= 0.3 is 0 Å². The highest BCUT2D eigenvalue weighted by molar-refractivity contribution is 14.0. The molecule has 6 nitrogen and oxygen atoms in total. The number of hydrogen-bond donors (Lipinski definition) is 1. The summed E-state index contributed by atoms with van der Waals surface area (Å²) < 4.78 is 2.13. The molecular formula is C22H32IN5O. The molecular weight excluding hydrogens is 477 g/mol. The number of amides is 1. The highest BCUT2D eigenvalue weighted by Gasteiger charge is 2.19. The average Bonchev–Trinajstić information content (AvgIpc) is 3.10. The second-order valence-corrected chi connectivity index (χ2v) is 7.31. The molecule has 7 heteroatoms. The van der Waals surface area contributed by atoms with Gasteiger partial charge in [-0.1, -0.05) is 12.1 Å². The van der Waals surface area contributed by atoms with E-state index in [0.717, 1.165) is 49.7 Å². The zero-order chi connectivity index (χ0) is 19.9. The van der Waals surface area contributed by atoms with Gasteiger partial charge in [-0.3, -0.25) is 4.79 Å². The SMILES string of the molecule is CCNC(=NCc1ccc(N2CCCCC2=O)cc1)N(C)Cc1cccn1C.I. The highest BCUT2D eigenvalue weighted by Crippen LogP contribution is 2.21. The summed E-state index contributed by atoms with van der Waals surface area (Å²) in [5.74, 6) is 1.12. The maximum absolute atomic E-state index is 12.1. The molecule has 0 bridgehead atoms. The Balaban J connectivity index is 0.00000300. The number of halogens is 1. The van der Waals surface area contributed by atoms with Crippen LogP contribution in [0.25, 0.3) is 0 Å². The third kappa shape index (κ3) is 6.22. The van der Waals surface area contributed by atoms with E-state index in [0.29, 0.717) is 13.0 Å². The summed E-state index contributed by atoms with van der Waals surface area (Å²) in [7, 11) is 4.11. The minimum absolute atomic E-state index is 0. The molecule has 1 aromatic carbocycles. The maximum Gasteiger partial charge on any atom is 0.226 e. The predicted octanol–water partition coefficient (Wildman–Crippen LogP) is 3.76. The molecule has 0 radical (unpaired) electrons. The highest BCUT2D eigenvalue weighted by atomic mass is 127. The molecule has 0 spiro atoms. The summed E-state index contributed by atoms with van der Waals surface area (Å²) in [4.78, 5) is 20.9. The van der Waals surface area contributed by atoms with Crippen molar-refractivity contribution in [3.63, 3.8) is 0 Å². The molecule has 1 amide bonds. The predicted molar refractivity (Wildman–Crippen MR) is 130 cm³/mol. The largest absolute Gasteiger partial charge is 0.357 e. The van der Waals surface area contributed by atoms with Crippen LogP contribution in [-0.2, 0) is 24.9 Å². The van der Waals surface area contributed by atoms with Crippen molar-refractivity contribution in [2.75, 3.05) is 25.0 Å². The number of aryl methyl sites for hydroxylation is 1. The van der Waals surface area contributed by atoms with E-state index in [4.69, 9.17) is 4.99 Å². The Morgan fingerprint density at radius 3 is 2.59 bits per heavy atom. The molecule has 0 unspecified atom stereocenters. The average molecular weight is 509 g/mol. The van der Waals surface area contributed by atoms with Crippen molar-refractivity contribution in [1.29, 1.82) is 0 Å². The van der Waals surface area contributed by atoms with Crippen LogP contribution in [0.1, 0.15) is 37.4 Å². The number of piperidine rings is 1. The summed E-state index contributed by atoms with van der Waals surface area (Å²) in [6.45, 7) is 5.13. The van der Waals surface area contributed by atoms with Crippen molar-refractivity contribution in [2.45, 2.75) is 39.3 Å². The van der Waals surface area contributed by atoms with E-state index in [1.807, 2.05) is 17.0 Å². The number of nitrogens with one attached hydrogen (secondary N) is 1. The second-order valence-electron chi connectivity index (χ2n) is 7.31. The first-order valence-electron chi connectivity index (χ1n) is 10.1. The minimum Gasteiger partial charge on any atom is -0.357 e. The lowest BCUT2D eigenvalue weighted by Gasteiger charge is -2.26. The molecule has 0 saturated carbocycles. The minimum atomic E-state index is 0. The van der Waals surface area contributed by atoms with E-state index in [1.54, 1.807) is 0 Å². The van der Waals surface area contributed by atoms with Gasteiger partial charge < -0.3 is 19.7 Å². The summed E-state index contributed by atoms with van der Waals surface area (Å²) >= 11 is 0. The molecule has 1 saturated heterocycles. The lowest BCUT2D eigenvalue weighted by molar-refractivity contribution is -0.119. The van der Waals surface area contributed by atoms with Crippen molar-refractivity contribution in [3.05, 3.63) is 53.9 Å². The summed E-state index contributed by atoms with van der Waals surface area (Å²) in [6.07, 6.45) is 4.80. The van der Waals surface area contributed by atoms with Crippen LogP contribution in [0.15, 0.2) is 47.6 Å². The topological polar surface area (TPSA) is 52.9 Å². The number of carbonyl (C=O) groups excluding carboxylic acids is 1. The van der Waals surface area contributed by atoms with Crippen LogP contribution in [0.3, 0.4) is 0 Å². The van der Waals surface area contributed by atoms with E-state index in [2.05, 4.69) is 66.3 Å². The number of guanidine groups is 1. The van der Waals surface area contributed by atoms with Gasteiger partial charge in [0.2, 0.25) is 5.91 Å². The lowest BCUT2D eigenvalue weighted by Crippen LogP contribution is -2.38. The quantitative estimate of drug-likeness (QED) is 0.367. The molecule has 0 atom stereocenters. The Hall–Kier alpha value is -2.03. The molecule has 1 aromatic heterocycles. The van der Waals surface area contributed by atoms with Crippen molar-refractivity contribution in [3.8, 4) is 0 Å². The fraction of sp³-hybridized carbons (Fsp3) is 0.455. The standard InChI is InChI=1S/C22H31N5O.HI/c1-4-23-22(26(3)17-20-8-7-14-25(20)2)24-16-18-10-12-19(13-11-18)27-15-6-5-9-21(27)28;/h7-8,10-14H,4-6,9,15-17H2,1-3H3,(H,23,24);1H. The maximum atomic E-state index is 12.1. The normalized spacial score (nSPS) is 14.5. The van der Waals surface area contributed by atoms with E-state index < -0.39 is 0 Å². The third-order valence-corrected chi connectivity index (χ3v) is 5.13. The van der Waals surface area contributed by atoms with E-state index in [9.17, 15) is 4.79 Å². The smallest absolute Gasteiger partial charge is 0.226 e. The van der Waals surface area contributed by atoms with Crippen molar-refractivity contribution in [2.24, 2.45) is 12.0 Å². The zero-order valence-electron chi connectivity index (χ0n) is 17.6. The number of rotatable bonds is 6. The van der Waals surface area contributed by atoms with Crippen LogP contribution in [0.4, 0.5) is 5.69 Å². The lowest BCUT2D eigenvalue weighted by atomic mass is 10.1. The Labute approximate surface area is 191 Å². The fourth-order valence-corrected chi connectivity index (χ4v) is 3.47. The molecule has 3 rings (SSSR count). The fourth-order valence-electron chi connectivity index (χ4n) is 3.47. The zero-order valence-corrected chi connectivity index (χ0v) is 19.9. The summed E-state index contributed by atoms with van der Waals surface area (Å²) in [5.41, 5.74) is 3.37. The van der Waals surface area contributed by atoms with Gasteiger partial charge in [-0.2, -0.15) is 0 Å². The summed E-state index contributed by atoms with van der Waals surface area (Å²) in [6, 6.07) is 12.4. The van der Waals surface area contributed by atoms with E-state index in [-0.39, 0.29) is 29.9 Å².